The Balaban J connectivity index is 2.27. The molecule has 0 saturated carbocycles. The largest absolute Gasteiger partial charge is 0.464 e. The Labute approximate surface area is 101 Å². The van der Waals surface area contributed by atoms with Crippen LogP contribution in [0.1, 0.15) is 11.5 Å². The first kappa shape index (κ1) is 13.7. The van der Waals surface area contributed by atoms with Gasteiger partial charge in [-0.25, -0.2) is 0 Å². The molecule has 1 amide bonds. The first-order valence-electron chi connectivity index (χ1n) is 5.49. The highest BCUT2D eigenvalue weighted by molar-refractivity contribution is 5.77. The van der Waals surface area contributed by atoms with E-state index in [-0.39, 0.29) is 12.5 Å². The number of likely N-dealkylation sites (N-methyl/N-ethyl adjacent to an activating group) is 1. The van der Waals surface area contributed by atoms with E-state index in [1.807, 2.05) is 19.1 Å². The van der Waals surface area contributed by atoms with Crippen LogP contribution in [0.4, 0.5) is 0 Å². The predicted molar refractivity (Wildman–Crippen MR) is 62.6 cm³/mol. The van der Waals surface area contributed by atoms with Crippen LogP contribution in [0.3, 0.4) is 0 Å². The van der Waals surface area contributed by atoms with Crippen LogP contribution in [0.25, 0.3) is 0 Å². The van der Waals surface area contributed by atoms with Crippen LogP contribution in [0.2, 0.25) is 0 Å². The van der Waals surface area contributed by atoms with Crippen molar-refractivity contribution in [1.82, 2.24) is 4.90 Å². The molecular formula is C12H19NO4. The molecule has 0 saturated heterocycles. The SMILES string of the molecule is COCCOCC(=O)N(C)Cc1ccc(C)o1. The summed E-state index contributed by atoms with van der Waals surface area (Å²) in [7, 11) is 3.32. The second kappa shape index (κ2) is 7.09. The van der Waals surface area contributed by atoms with Gasteiger partial charge in [-0.15, -0.1) is 0 Å². The number of hydrogen-bond acceptors (Lipinski definition) is 4. The molecule has 0 atom stereocenters. The molecule has 5 nitrogen and oxygen atoms in total. The Morgan fingerprint density at radius 2 is 2.18 bits per heavy atom. The van der Waals surface area contributed by atoms with Crippen LogP contribution in [0.5, 0.6) is 0 Å². The van der Waals surface area contributed by atoms with Gasteiger partial charge in [-0.05, 0) is 19.1 Å². The molecule has 5 heteroatoms. The Bertz CT molecular complexity index is 348. The minimum absolute atomic E-state index is 0.0690. The van der Waals surface area contributed by atoms with Gasteiger partial charge in [0.25, 0.3) is 0 Å². The molecule has 0 aliphatic carbocycles. The number of rotatable bonds is 7. The molecule has 0 aromatic carbocycles. The number of amides is 1. The van der Waals surface area contributed by atoms with Crippen molar-refractivity contribution in [2.75, 3.05) is 34.0 Å². The third kappa shape index (κ3) is 5.01. The smallest absolute Gasteiger partial charge is 0.248 e. The number of aryl methyl sites for hydroxylation is 1. The lowest BCUT2D eigenvalue weighted by Gasteiger charge is -2.15. The molecule has 0 aliphatic rings. The third-order valence-electron chi connectivity index (χ3n) is 2.27. The molecule has 1 aromatic heterocycles. The zero-order valence-corrected chi connectivity index (χ0v) is 10.6. The molecule has 17 heavy (non-hydrogen) atoms. The molecule has 0 aliphatic heterocycles. The summed E-state index contributed by atoms with van der Waals surface area (Å²) in [6.07, 6.45) is 0. The van der Waals surface area contributed by atoms with Gasteiger partial charge in [0, 0.05) is 14.2 Å². The number of carbonyl (C=O) groups is 1. The summed E-state index contributed by atoms with van der Waals surface area (Å²) in [5.74, 6) is 1.54. The van der Waals surface area contributed by atoms with Gasteiger partial charge in [0.2, 0.25) is 5.91 Å². The fourth-order valence-electron chi connectivity index (χ4n) is 1.30. The molecule has 1 heterocycles. The molecule has 1 aromatic rings. The molecule has 0 bridgehead atoms. The molecule has 96 valence electrons. The van der Waals surface area contributed by atoms with Crippen molar-refractivity contribution >= 4 is 5.91 Å². The molecular weight excluding hydrogens is 222 g/mol. The minimum Gasteiger partial charge on any atom is -0.464 e. The summed E-state index contributed by atoms with van der Waals surface area (Å²) in [4.78, 5) is 13.2. The van der Waals surface area contributed by atoms with Crippen LogP contribution in [-0.2, 0) is 20.8 Å². The summed E-state index contributed by atoms with van der Waals surface area (Å²) in [6, 6.07) is 3.74. The maximum atomic E-state index is 11.6. The van der Waals surface area contributed by atoms with Gasteiger partial charge in [-0.2, -0.15) is 0 Å². The van der Waals surface area contributed by atoms with Crippen LogP contribution < -0.4 is 0 Å². The van der Waals surface area contributed by atoms with E-state index in [9.17, 15) is 4.79 Å². The van der Waals surface area contributed by atoms with E-state index in [1.54, 1.807) is 19.1 Å². The zero-order chi connectivity index (χ0) is 12.7. The van der Waals surface area contributed by atoms with Gasteiger partial charge in [-0.3, -0.25) is 4.79 Å². The van der Waals surface area contributed by atoms with Crippen molar-refractivity contribution in [3.05, 3.63) is 23.7 Å². The van der Waals surface area contributed by atoms with Crippen molar-refractivity contribution in [2.24, 2.45) is 0 Å². The van der Waals surface area contributed by atoms with Gasteiger partial charge in [0.15, 0.2) is 0 Å². The van der Waals surface area contributed by atoms with Gasteiger partial charge in [0.05, 0.1) is 19.8 Å². The second-order valence-electron chi connectivity index (χ2n) is 3.81. The van der Waals surface area contributed by atoms with Gasteiger partial charge >= 0.3 is 0 Å². The number of nitrogens with zero attached hydrogens (tertiary/aromatic N) is 1. The number of furan rings is 1. The molecule has 1 rings (SSSR count). The summed E-state index contributed by atoms with van der Waals surface area (Å²) in [5.41, 5.74) is 0. The van der Waals surface area contributed by atoms with Crippen molar-refractivity contribution < 1.29 is 18.7 Å². The van der Waals surface area contributed by atoms with Crippen molar-refractivity contribution in [1.29, 1.82) is 0 Å². The van der Waals surface area contributed by atoms with E-state index in [2.05, 4.69) is 0 Å². The summed E-state index contributed by atoms with van der Waals surface area (Å²) < 4.78 is 15.4. The number of hydrogen-bond donors (Lipinski definition) is 0. The minimum atomic E-state index is -0.0739. The number of ether oxygens (including phenoxy) is 2. The maximum Gasteiger partial charge on any atom is 0.248 e. The zero-order valence-electron chi connectivity index (χ0n) is 10.6. The van der Waals surface area contributed by atoms with E-state index < -0.39 is 0 Å². The standard InChI is InChI=1S/C12H19NO4/c1-10-4-5-11(17-10)8-13(2)12(14)9-16-7-6-15-3/h4-5H,6-9H2,1-3H3. The lowest BCUT2D eigenvalue weighted by Crippen LogP contribution is -2.30. The molecule has 0 N–H and O–H groups in total. The highest BCUT2D eigenvalue weighted by Gasteiger charge is 2.11. The Kier molecular flexibility index (Phi) is 5.72. The van der Waals surface area contributed by atoms with Crippen molar-refractivity contribution in [3.63, 3.8) is 0 Å². The lowest BCUT2D eigenvalue weighted by molar-refractivity contribution is -0.136. The van der Waals surface area contributed by atoms with Crippen LogP contribution >= 0.6 is 0 Å². The monoisotopic (exact) mass is 241 g/mol. The Morgan fingerprint density at radius 3 is 2.76 bits per heavy atom. The quantitative estimate of drug-likeness (QED) is 0.673. The first-order chi connectivity index (χ1) is 8.13. The molecule has 0 radical (unpaired) electrons. The van der Waals surface area contributed by atoms with Crippen LogP contribution in [0.15, 0.2) is 16.5 Å². The van der Waals surface area contributed by atoms with Crippen LogP contribution in [-0.4, -0.2) is 44.8 Å². The first-order valence-corrected chi connectivity index (χ1v) is 5.49. The molecule has 0 spiro atoms. The van der Waals surface area contributed by atoms with Crippen molar-refractivity contribution in [3.8, 4) is 0 Å². The number of methoxy groups -OCH3 is 1. The molecule has 0 unspecified atom stereocenters. The van der Waals surface area contributed by atoms with E-state index in [4.69, 9.17) is 13.9 Å². The average molecular weight is 241 g/mol. The second-order valence-corrected chi connectivity index (χ2v) is 3.81. The highest BCUT2D eigenvalue weighted by atomic mass is 16.5. The van der Waals surface area contributed by atoms with Gasteiger partial charge in [-0.1, -0.05) is 0 Å². The average Bonchev–Trinajstić information content (AvgIpc) is 2.70. The number of carbonyl (C=O) groups excluding carboxylic acids is 1. The molecule has 0 fully saturated rings. The van der Waals surface area contributed by atoms with E-state index in [0.29, 0.717) is 19.8 Å². The normalized spacial score (nSPS) is 10.5. The van der Waals surface area contributed by atoms with E-state index in [0.717, 1.165) is 11.5 Å². The summed E-state index contributed by atoms with van der Waals surface area (Å²) in [5, 5.41) is 0. The third-order valence-corrected chi connectivity index (χ3v) is 2.27. The van der Waals surface area contributed by atoms with Gasteiger partial charge in [0.1, 0.15) is 18.1 Å². The highest BCUT2D eigenvalue weighted by Crippen LogP contribution is 2.08. The van der Waals surface area contributed by atoms with Crippen molar-refractivity contribution in [2.45, 2.75) is 13.5 Å². The summed E-state index contributed by atoms with van der Waals surface area (Å²) >= 11 is 0. The van der Waals surface area contributed by atoms with E-state index in [1.165, 1.54) is 0 Å². The van der Waals surface area contributed by atoms with Crippen LogP contribution in [0, 0.1) is 6.92 Å². The Hall–Kier alpha value is -1.33. The fraction of sp³-hybridized carbons (Fsp3) is 0.583. The van der Waals surface area contributed by atoms with Gasteiger partial charge < -0.3 is 18.8 Å². The predicted octanol–water partition coefficient (Wildman–Crippen LogP) is 1.21. The maximum absolute atomic E-state index is 11.6. The lowest BCUT2D eigenvalue weighted by atomic mass is 10.4. The Morgan fingerprint density at radius 1 is 1.41 bits per heavy atom. The van der Waals surface area contributed by atoms with E-state index >= 15 is 0 Å². The summed E-state index contributed by atoms with van der Waals surface area (Å²) in [6.45, 7) is 3.32. The fourth-order valence-corrected chi connectivity index (χ4v) is 1.30. The topological polar surface area (TPSA) is 51.9 Å².